The van der Waals surface area contributed by atoms with E-state index in [1.165, 1.54) is 31.7 Å². The van der Waals surface area contributed by atoms with Gasteiger partial charge in [0.2, 0.25) is 0 Å². The minimum absolute atomic E-state index is 0.106. The highest BCUT2D eigenvalue weighted by Crippen LogP contribution is 2.46. The van der Waals surface area contributed by atoms with Gasteiger partial charge in [0, 0.05) is 16.7 Å². The highest BCUT2D eigenvalue weighted by Gasteiger charge is 2.31. The van der Waals surface area contributed by atoms with Crippen LogP contribution in [0.25, 0.3) is 22.3 Å². The van der Waals surface area contributed by atoms with Gasteiger partial charge in [0.1, 0.15) is 5.82 Å². The van der Waals surface area contributed by atoms with Crippen molar-refractivity contribution in [3.8, 4) is 22.3 Å². The number of hydrogen-bond donors (Lipinski definition) is 0. The molecule has 5 rings (SSSR count). The molecule has 3 aromatic carbocycles. The van der Waals surface area contributed by atoms with Crippen molar-refractivity contribution in [2.24, 2.45) is 5.92 Å². The summed E-state index contributed by atoms with van der Waals surface area (Å²) in [4.78, 5) is 0. The van der Waals surface area contributed by atoms with Crippen molar-refractivity contribution in [3.05, 3.63) is 82.2 Å². The second-order valence-corrected chi connectivity index (χ2v) is 10.2. The fraction of sp³-hybridized carbons (Fsp3) is 0.419. The van der Waals surface area contributed by atoms with Crippen LogP contribution < -0.4 is 0 Å². The molecule has 3 heteroatoms. The van der Waals surface area contributed by atoms with Crippen molar-refractivity contribution in [2.45, 2.75) is 77.6 Å². The predicted molar refractivity (Wildman–Crippen MR) is 134 cm³/mol. The monoisotopic (exact) mass is 462 g/mol. The van der Waals surface area contributed by atoms with Gasteiger partial charge in [0.25, 0.3) is 0 Å². The number of benzene rings is 3. The topological polar surface area (TPSA) is 0 Å². The molecule has 3 aromatic rings. The molecule has 2 aliphatic carbocycles. The van der Waals surface area contributed by atoms with Crippen LogP contribution in [-0.2, 0) is 12.8 Å². The number of fused-ring (bicyclic) bond motifs is 3. The summed E-state index contributed by atoms with van der Waals surface area (Å²) >= 11 is 0. The van der Waals surface area contributed by atoms with Crippen LogP contribution in [0.15, 0.2) is 42.5 Å². The molecule has 0 radical (unpaired) electrons. The van der Waals surface area contributed by atoms with E-state index < -0.39 is 17.5 Å². The standard InChI is InChI=1S/C31H33F3/c1-3-7-19-11-13-21(14-12-19)24-9-5-6-10-25(24)26-18-23-17-22-15-20(8-4-2)16-27(32)28(22)29(23)31(34)30(26)33/h5-6,9-10,15-16,18-19,21H,3-4,7-8,11-14,17H2,1-2H3. The summed E-state index contributed by atoms with van der Waals surface area (Å²) in [5.74, 6) is -1.08. The Morgan fingerprint density at radius 3 is 2.24 bits per heavy atom. The molecule has 0 spiro atoms. The number of aryl methyl sites for hydroxylation is 1. The molecule has 0 aliphatic heterocycles. The van der Waals surface area contributed by atoms with E-state index in [2.05, 4.69) is 19.9 Å². The fourth-order valence-electron chi connectivity index (χ4n) is 6.34. The van der Waals surface area contributed by atoms with Crippen LogP contribution in [0.5, 0.6) is 0 Å². The number of hydrogen-bond acceptors (Lipinski definition) is 0. The second-order valence-electron chi connectivity index (χ2n) is 10.2. The quantitative estimate of drug-likeness (QED) is 0.268. The van der Waals surface area contributed by atoms with Crippen molar-refractivity contribution in [3.63, 3.8) is 0 Å². The predicted octanol–water partition coefficient (Wildman–Crippen LogP) is 9.37. The normalized spacial score (nSPS) is 19.2. The van der Waals surface area contributed by atoms with E-state index >= 15 is 8.78 Å². The smallest absolute Gasteiger partial charge is 0.167 e. The lowest BCUT2D eigenvalue weighted by atomic mass is 9.75. The molecule has 0 saturated heterocycles. The lowest BCUT2D eigenvalue weighted by Gasteiger charge is -2.30. The van der Waals surface area contributed by atoms with Crippen LogP contribution in [0.3, 0.4) is 0 Å². The molecule has 34 heavy (non-hydrogen) atoms. The summed E-state index contributed by atoms with van der Waals surface area (Å²) in [7, 11) is 0. The Labute approximate surface area is 201 Å². The molecule has 178 valence electrons. The third-order valence-corrected chi connectivity index (χ3v) is 7.92. The molecule has 0 atom stereocenters. The molecule has 1 fully saturated rings. The van der Waals surface area contributed by atoms with E-state index in [1.54, 1.807) is 6.07 Å². The molecule has 0 aromatic heterocycles. The summed E-state index contributed by atoms with van der Waals surface area (Å²) < 4.78 is 46.1. The van der Waals surface area contributed by atoms with E-state index in [-0.39, 0.29) is 11.1 Å². The van der Waals surface area contributed by atoms with Crippen LogP contribution in [0, 0.1) is 23.4 Å². The first-order valence-electron chi connectivity index (χ1n) is 12.9. The minimum atomic E-state index is -0.921. The third-order valence-electron chi connectivity index (χ3n) is 7.92. The van der Waals surface area contributed by atoms with Crippen molar-refractivity contribution in [2.75, 3.05) is 0 Å². The summed E-state index contributed by atoms with van der Waals surface area (Å²) in [5, 5.41) is 0. The van der Waals surface area contributed by atoms with Crippen molar-refractivity contribution >= 4 is 0 Å². The van der Waals surface area contributed by atoms with Gasteiger partial charge in [-0.05, 0) is 90.3 Å². The zero-order chi connectivity index (χ0) is 23.8. The van der Waals surface area contributed by atoms with Gasteiger partial charge >= 0.3 is 0 Å². The average Bonchev–Trinajstić information content (AvgIpc) is 3.21. The molecule has 0 heterocycles. The lowest BCUT2D eigenvalue weighted by Crippen LogP contribution is -2.14. The number of rotatable bonds is 6. The lowest BCUT2D eigenvalue weighted by molar-refractivity contribution is 0.308. The molecular formula is C31H33F3. The first kappa shape index (κ1) is 23.2. The average molecular weight is 463 g/mol. The molecule has 0 unspecified atom stereocenters. The maximum atomic E-state index is 15.6. The molecule has 0 N–H and O–H groups in total. The van der Waals surface area contributed by atoms with E-state index in [9.17, 15) is 4.39 Å². The van der Waals surface area contributed by atoms with Gasteiger partial charge in [-0.3, -0.25) is 0 Å². The molecular weight excluding hydrogens is 429 g/mol. The van der Waals surface area contributed by atoms with Gasteiger partial charge in [0.05, 0.1) is 0 Å². The Morgan fingerprint density at radius 2 is 1.50 bits per heavy atom. The van der Waals surface area contributed by atoms with Crippen LogP contribution >= 0.6 is 0 Å². The zero-order valence-electron chi connectivity index (χ0n) is 20.2. The Hall–Kier alpha value is -2.55. The van der Waals surface area contributed by atoms with Crippen LogP contribution in [-0.4, -0.2) is 0 Å². The summed E-state index contributed by atoms with van der Waals surface area (Å²) in [6.45, 7) is 4.29. The first-order chi connectivity index (χ1) is 16.5. The summed E-state index contributed by atoms with van der Waals surface area (Å²) in [6, 6.07) is 13.1. The van der Waals surface area contributed by atoms with Gasteiger partial charge in [-0.15, -0.1) is 0 Å². The van der Waals surface area contributed by atoms with Crippen LogP contribution in [0.2, 0.25) is 0 Å². The maximum absolute atomic E-state index is 15.6. The Balaban J connectivity index is 1.54. The largest absolute Gasteiger partial charge is 0.206 e. The Morgan fingerprint density at radius 1 is 0.765 bits per heavy atom. The van der Waals surface area contributed by atoms with Gasteiger partial charge in [-0.1, -0.05) is 63.4 Å². The second kappa shape index (κ2) is 9.60. The van der Waals surface area contributed by atoms with Crippen LogP contribution in [0.4, 0.5) is 13.2 Å². The highest BCUT2D eigenvalue weighted by atomic mass is 19.2. The van der Waals surface area contributed by atoms with Crippen molar-refractivity contribution in [1.82, 2.24) is 0 Å². The molecule has 0 nitrogen and oxygen atoms in total. The van der Waals surface area contributed by atoms with E-state index in [4.69, 9.17) is 0 Å². The minimum Gasteiger partial charge on any atom is -0.206 e. The Kier molecular flexibility index (Phi) is 6.55. The Bertz CT molecular complexity index is 1200. The first-order valence-corrected chi connectivity index (χ1v) is 12.9. The summed E-state index contributed by atoms with van der Waals surface area (Å²) in [5.41, 5.74) is 4.90. The molecule has 1 saturated carbocycles. The van der Waals surface area contributed by atoms with E-state index in [0.29, 0.717) is 23.5 Å². The van der Waals surface area contributed by atoms with Crippen LogP contribution in [0.1, 0.15) is 87.0 Å². The van der Waals surface area contributed by atoms with Crippen molar-refractivity contribution in [1.29, 1.82) is 0 Å². The van der Waals surface area contributed by atoms with Gasteiger partial charge in [0.15, 0.2) is 11.6 Å². The SMILES string of the molecule is CCCc1cc(F)c2c(c1)Cc1cc(-c3ccccc3C3CCC(CCC)CC3)c(F)c(F)c1-2. The van der Waals surface area contributed by atoms with Gasteiger partial charge < -0.3 is 0 Å². The van der Waals surface area contributed by atoms with Gasteiger partial charge in [-0.2, -0.15) is 0 Å². The zero-order valence-corrected chi connectivity index (χ0v) is 20.2. The van der Waals surface area contributed by atoms with Crippen molar-refractivity contribution < 1.29 is 13.2 Å². The van der Waals surface area contributed by atoms with Gasteiger partial charge in [-0.25, -0.2) is 13.2 Å². The fourth-order valence-corrected chi connectivity index (χ4v) is 6.34. The molecule has 0 bridgehead atoms. The third kappa shape index (κ3) is 4.08. The molecule has 2 aliphatic rings. The maximum Gasteiger partial charge on any atom is 0.167 e. The van der Waals surface area contributed by atoms with E-state index in [0.717, 1.165) is 53.9 Å². The summed E-state index contributed by atoms with van der Waals surface area (Å²) in [6.07, 6.45) is 9.19. The highest BCUT2D eigenvalue weighted by molar-refractivity contribution is 5.82. The molecule has 0 amide bonds. The number of halogens is 3. The van der Waals surface area contributed by atoms with E-state index in [1.807, 2.05) is 24.3 Å².